The first-order valence-electron chi connectivity index (χ1n) is 5.47. The van der Waals surface area contributed by atoms with Gasteiger partial charge in [0, 0.05) is 0 Å². The minimum atomic E-state index is -0.590. The van der Waals surface area contributed by atoms with Gasteiger partial charge < -0.3 is 4.74 Å². The van der Waals surface area contributed by atoms with Crippen LogP contribution >= 0.6 is 0 Å². The first-order chi connectivity index (χ1) is 7.03. The van der Waals surface area contributed by atoms with E-state index in [0.29, 0.717) is 0 Å². The normalized spacial score (nSPS) is 34.7. The Hall–Kier alpha value is -1.12. The molecule has 1 heterocycles. The van der Waals surface area contributed by atoms with Gasteiger partial charge in [0.15, 0.2) is 5.78 Å². The lowest BCUT2D eigenvalue weighted by Crippen LogP contribution is -2.35. The average molecular weight is 208 g/mol. The van der Waals surface area contributed by atoms with Gasteiger partial charge in [-0.05, 0) is 31.4 Å². The van der Waals surface area contributed by atoms with E-state index in [4.69, 9.17) is 4.74 Å². The van der Waals surface area contributed by atoms with Gasteiger partial charge in [0.05, 0.1) is 12.3 Å². The number of Topliss-reactive ketones (excluding diaryl/α,β-unsaturated/α-hetero) is 1. The van der Waals surface area contributed by atoms with Crippen molar-refractivity contribution in [1.29, 1.82) is 0 Å². The van der Waals surface area contributed by atoms with Crippen LogP contribution < -0.4 is 0 Å². The lowest BCUT2D eigenvalue weighted by atomic mass is 9.82. The van der Waals surface area contributed by atoms with Crippen molar-refractivity contribution in [2.24, 2.45) is 5.92 Å². The number of fused-ring (bicyclic) bond motifs is 1. The molecule has 2 atom stereocenters. The first-order valence-corrected chi connectivity index (χ1v) is 5.47. The molecule has 1 saturated heterocycles. The second kappa shape index (κ2) is 3.19. The standard InChI is InChI=1S/C12H16O3/c1-4-5-12-8(3)7(2)11(14)9(12)6-10(13)15-12/h9H,4-6H2,1-3H3/t9-,12+/m0/s1. The summed E-state index contributed by atoms with van der Waals surface area (Å²) in [7, 11) is 0. The minimum absolute atomic E-state index is 0.104. The van der Waals surface area contributed by atoms with Crippen LogP contribution in [-0.4, -0.2) is 17.4 Å². The molecule has 0 amide bonds. The maximum atomic E-state index is 11.9. The van der Waals surface area contributed by atoms with E-state index >= 15 is 0 Å². The van der Waals surface area contributed by atoms with E-state index in [1.807, 2.05) is 20.8 Å². The van der Waals surface area contributed by atoms with Crippen molar-refractivity contribution >= 4 is 11.8 Å². The molecule has 15 heavy (non-hydrogen) atoms. The van der Waals surface area contributed by atoms with Crippen LogP contribution in [0, 0.1) is 5.92 Å². The summed E-state index contributed by atoms with van der Waals surface area (Å²) in [6.45, 7) is 5.80. The van der Waals surface area contributed by atoms with Crippen molar-refractivity contribution in [2.45, 2.75) is 45.6 Å². The Morgan fingerprint density at radius 1 is 1.40 bits per heavy atom. The molecule has 0 saturated carbocycles. The summed E-state index contributed by atoms with van der Waals surface area (Å²) in [4.78, 5) is 23.3. The Kier molecular flexibility index (Phi) is 2.21. The van der Waals surface area contributed by atoms with E-state index in [-0.39, 0.29) is 24.1 Å². The van der Waals surface area contributed by atoms with Crippen LogP contribution in [-0.2, 0) is 14.3 Å². The number of hydrogen-bond acceptors (Lipinski definition) is 3. The van der Waals surface area contributed by atoms with Crippen molar-refractivity contribution in [3.63, 3.8) is 0 Å². The summed E-state index contributed by atoms with van der Waals surface area (Å²) in [6.07, 6.45) is 1.94. The molecule has 1 aliphatic carbocycles. The second-order valence-corrected chi connectivity index (χ2v) is 4.48. The monoisotopic (exact) mass is 208 g/mol. The molecular formula is C12H16O3. The third-order valence-corrected chi connectivity index (χ3v) is 3.73. The highest BCUT2D eigenvalue weighted by Gasteiger charge is 2.58. The zero-order valence-electron chi connectivity index (χ0n) is 9.42. The topological polar surface area (TPSA) is 43.4 Å². The highest BCUT2D eigenvalue weighted by Crippen LogP contribution is 2.49. The summed E-state index contributed by atoms with van der Waals surface area (Å²) in [5.74, 6) is -0.370. The molecule has 0 aromatic carbocycles. The van der Waals surface area contributed by atoms with Crippen molar-refractivity contribution in [3.8, 4) is 0 Å². The fourth-order valence-corrected chi connectivity index (χ4v) is 2.84. The van der Waals surface area contributed by atoms with Crippen molar-refractivity contribution in [2.75, 3.05) is 0 Å². The summed E-state index contributed by atoms with van der Waals surface area (Å²) in [5.41, 5.74) is 1.17. The molecule has 1 fully saturated rings. The van der Waals surface area contributed by atoms with E-state index in [9.17, 15) is 9.59 Å². The zero-order valence-corrected chi connectivity index (χ0v) is 9.42. The molecular weight excluding hydrogens is 192 g/mol. The fraction of sp³-hybridized carbons (Fsp3) is 0.667. The Morgan fingerprint density at radius 3 is 2.67 bits per heavy atom. The van der Waals surface area contributed by atoms with E-state index in [1.54, 1.807) is 0 Å². The predicted octanol–water partition coefficient (Wildman–Crippen LogP) is 2.01. The minimum Gasteiger partial charge on any atom is -0.454 e. The third-order valence-electron chi connectivity index (χ3n) is 3.73. The van der Waals surface area contributed by atoms with Crippen LogP contribution in [0.25, 0.3) is 0 Å². The predicted molar refractivity (Wildman–Crippen MR) is 55.2 cm³/mol. The van der Waals surface area contributed by atoms with Crippen LogP contribution in [0.1, 0.15) is 40.0 Å². The highest BCUT2D eigenvalue weighted by atomic mass is 16.6. The molecule has 0 unspecified atom stereocenters. The smallest absolute Gasteiger partial charge is 0.307 e. The Balaban J connectivity index is 2.47. The highest BCUT2D eigenvalue weighted by molar-refractivity contribution is 6.05. The maximum Gasteiger partial charge on any atom is 0.307 e. The molecule has 2 rings (SSSR count). The maximum absolute atomic E-state index is 11.9. The number of rotatable bonds is 2. The van der Waals surface area contributed by atoms with Gasteiger partial charge in [0.1, 0.15) is 5.60 Å². The summed E-state index contributed by atoms with van der Waals surface area (Å²) in [5, 5.41) is 0. The number of carbonyl (C=O) groups excluding carboxylic acids is 2. The van der Waals surface area contributed by atoms with Gasteiger partial charge >= 0.3 is 5.97 Å². The van der Waals surface area contributed by atoms with Crippen molar-refractivity contribution in [1.82, 2.24) is 0 Å². The fourth-order valence-electron chi connectivity index (χ4n) is 2.84. The quantitative estimate of drug-likeness (QED) is 0.652. The molecule has 0 N–H and O–H groups in total. The number of hydrogen-bond donors (Lipinski definition) is 0. The molecule has 3 heteroatoms. The van der Waals surface area contributed by atoms with Crippen LogP contribution in [0.4, 0.5) is 0 Å². The molecule has 0 spiro atoms. The van der Waals surface area contributed by atoms with Gasteiger partial charge in [0.2, 0.25) is 0 Å². The van der Waals surface area contributed by atoms with Gasteiger partial charge in [0.25, 0.3) is 0 Å². The van der Waals surface area contributed by atoms with Crippen LogP contribution in [0.5, 0.6) is 0 Å². The summed E-state index contributed by atoms with van der Waals surface area (Å²) < 4.78 is 5.45. The van der Waals surface area contributed by atoms with E-state index in [2.05, 4.69) is 0 Å². The Bertz CT molecular complexity index is 367. The average Bonchev–Trinajstić information content (AvgIpc) is 2.60. The zero-order chi connectivity index (χ0) is 11.2. The molecule has 2 aliphatic rings. The molecule has 1 aliphatic heterocycles. The second-order valence-electron chi connectivity index (χ2n) is 4.48. The van der Waals surface area contributed by atoms with Crippen LogP contribution in [0.15, 0.2) is 11.1 Å². The lowest BCUT2D eigenvalue weighted by Gasteiger charge is -2.28. The van der Waals surface area contributed by atoms with Gasteiger partial charge in [-0.15, -0.1) is 0 Å². The third kappa shape index (κ3) is 1.18. The van der Waals surface area contributed by atoms with Gasteiger partial charge in [-0.3, -0.25) is 9.59 Å². The number of ketones is 1. The van der Waals surface area contributed by atoms with E-state index in [1.165, 1.54) is 0 Å². The first kappa shape index (κ1) is 10.4. The lowest BCUT2D eigenvalue weighted by molar-refractivity contribution is -0.146. The molecule has 0 aromatic heterocycles. The van der Waals surface area contributed by atoms with E-state index in [0.717, 1.165) is 24.0 Å². The van der Waals surface area contributed by atoms with Gasteiger partial charge in [-0.1, -0.05) is 13.3 Å². The molecule has 3 nitrogen and oxygen atoms in total. The van der Waals surface area contributed by atoms with Crippen molar-refractivity contribution < 1.29 is 14.3 Å². The van der Waals surface area contributed by atoms with Gasteiger partial charge in [-0.25, -0.2) is 0 Å². The Labute approximate surface area is 89.5 Å². The molecule has 0 bridgehead atoms. The number of carbonyl (C=O) groups is 2. The summed E-state index contributed by atoms with van der Waals surface area (Å²) in [6, 6.07) is 0. The number of esters is 1. The SMILES string of the molecule is CCC[C@]12OC(=O)C[C@H]1C(=O)C(C)=C2C. The summed E-state index contributed by atoms with van der Waals surface area (Å²) >= 11 is 0. The molecule has 82 valence electrons. The van der Waals surface area contributed by atoms with Crippen LogP contribution in [0.3, 0.4) is 0 Å². The van der Waals surface area contributed by atoms with Crippen LogP contribution in [0.2, 0.25) is 0 Å². The Morgan fingerprint density at radius 2 is 2.07 bits per heavy atom. The number of ether oxygens (including phenoxy) is 1. The molecule has 0 aromatic rings. The number of allylic oxidation sites excluding steroid dienone is 1. The van der Waals surface area contributed by atoms with E-state index < -0.39 is 5.60 Å². The largest absolute Gasteiger partial charge is 0.454 e. The molecule has 0 radical (unpaired) electrons. The van der Waals surface area contributed by atoms with Gasteiger partial charge in [-0.2, -0.15) is 0 Å². The van der Waals surface area contributed by atoms with Crippen molar-refractivity contribution in [3.05, 3.63) is 11.1 Å².